The molecule has 2 rings (SSSR count). The summed E-state index contributed by atoms with van der Waals surface area (Å²) in [5.41, 5.74) is 1.05. The lowest BCUT2D eigenvalue weighted by molar-refractivity contribution is -0.146. The Hall–Kier alpha value is -2.91. The van der Waals surface area contributed by atoms with Crippen LogP contribution in [0.15, 0.2) is 53.4 Å². The number of methoxy groups -OCH3 is 1. The van der Waals surface area contributed by atoms with Gasteiger partial charge in [0.15, 0.2) is 6.61 Å². The highest BCUT2D eigenvalue weighted by Gasteiger charge is 2.17. The van der Waals surface area contributed by atoms with Crippen LogP contribution in [0.1, 0.15) is 5.56 Å². The third kappa shape index (κ3) is 5.54. The van der Waals surface area contributed by atoms with Crippen LogP contribution in [-0.4, -0.2) is 52.4 Å². The molecular formula is C19H22N2O6S. The van der Waals surface area contributed by atoms with Crippen molar-refractivity contribution in [3.05, 3.63) is 54.1 Å². The Morgan fingerprint density at radius 2 is 1.68 bits per heavy atom. The number of esters is 1. The fraction of sp³-hybridized carbons (Fsp3) is 0.263. The zero-order valence-corrected chi connectivity index (χ0v) is 16.7. The second kappa shape index (κ2) is 9.34. The van der Waals surface area contributed by atoms with Gasteiger partial charge < -0.3 is 14.8 Å². The monoisotopic (exact) mass is 406 g/mol. The molecule has 28 heavy (non-hydrogen) atoms. The number of carbonyl (C=O) groups is 2. The molecule has 1 amide bonds. The van der Waals surface area contributed by atoms with E-state index in [1.807, 2.05) is 0 Å². The van der Waals surface area contributed by atoms with Gasteiger partial charge in [-0.25, -0.2) is 12.7 Å². The molecule has 0 heterocycles. The van der Waals surface area contributed by atoms with Crippen molar-refractivity contribution in [1.82, 2.24) is 4.31 Å². The van der Waals surface area contributed by atoms with E-state index in [4.69, 9.17) is 9.47 Å². The zero-order valence-electron chi connectivity index (χ0n) is 15.8. The lowest BCUT2D eigenvalue weighted by Gasteiger charge is -2.12. The summed E-state index contributed by atoms with van der Waals surface area (Å²) in [6.45, 7) is -0.453. The molecule has 2 aromatic rings. The Bertz CT molecular complexity index is 939. The summed E-state index contributed by atoms with van der Waals surface area (Å²) < 4.78 is 35.3. The molecule has 1 N–H and O–H groups in total. The summed E-state index contributed by atoms with van der Waals surface area (Å²) in [7, 11) is 0.838. The molecule has 0 bridgehead atoms. The van der Waals surface area contributed by atoms with Gasteiger partial charge in [-0.15, -0.1) is 0 Å². The topological polar surface area (TPSA) is 102 Å². The van der Waals surface area contributed by atoms with Crippen LogP contribution in [0.5, 0.6) is 5.75 Å². The van der Waals surface area contributed by atoms with Crippen molar-refractivity contribution in [2.24, 2.45) is 0 Å². The largest absolute Gasteiger partial charge is 0.496 e. The first kappa shape index (κ1) is 21.4. The Morgan fingerprint density at radius 3 is 2.29 bits per heavy atom. The molecule has 0 atom stereocenters. The minimum absolute atomic E-state index is 0.0195. The van der Waals surface area contributed by atoms with E-state index in [1.54, 1.807) is 24.3 Å². The van der Waals surface area contributed by atoms with E-state index in [1.165, 1.54) is 45.5 Å². The third-order valence-electron chi connectivity index (χ3n) is 3.81. The number of anilines is 1. The highest BCUT2D eigenvalue weighted by atomic mass is 32.2. The summed E-state index contributed by atoms with van der Waals surface area (Å²) >= 11 is 0. The number of carbonyl (C=O) groups excluding carboxylic acids is 2. The molecule has 2 aromatic carbocycles. The molecule has 150 valence electrons. The minimum atomic E-state index is -3.54. The highest BCUT2D eigenvalue weighted by Crippen LogP contribution is 2.18. The number of ether oxygens (including phenoxy) is 2. The third-order valence-corrected chi connectivity index (χ3v) is 5.64. The van der Waals surface area contributed by atoms with Gasteiger partial charge >= 0.3 is 5.97 Å². The molecule has 0 aliphatic carbocycles. The smallest absolute Gasteiger partial charge is 0.310 e. The van der Waals surface area contributed by atoms with E-state index in [-0.39, 0.29) is 11.3 Å². The number of hydrogen-bond donors (Lipinski definition) is 1. The van der Waals surface area contributed by atoms with Gasteiger partial charge in [0.05, 0.1) is 18.4 Å². The van der Waals surface area contributed by atoms with Crippen LogP contribution in [0.3, 0.4) is 0 Å². The molecule has 0 saturated carbocycles. The summed E-state index contributed by atoms with van der Waals surface area (Å²) in [6, 6.07) is 12.7. The first-order chi connectivity index (χ1) is 13.2. The van der Waals surface area contributed by atoms with E-state index < -0.39 is 28.5 Å². The van der Waals surface area contributed by atoms with Crippen molar-refractivity contribution < 1.29 is 27.5 Å². The molecule has 8 nitrogen and oxygen atoms in total. The number of benzene rings is 2. The Balaban J connectivity index is 1.88. The Labute approximate surface area is 164 Å². The first-order valence-electron chi connectivity index (χ1n) is 8.34. The quantitative estimate of drug-likeness (QED) is 0.669. The zero-order chi connectivity index (χ0) is 20.7. The van der Waals surface area contributed by atoms with Gasteiger partial charge in [-0.2, -0.15) is 0 Å². The predicted octanol–water partition coefficient (Wildman–Crippen LogP) is 1.67. The van der Waals surface area contributed by atoms with Crippen LogP contribution in [0, 0.1) is 0 Å². The lowest BCUT2D eigenvalue weighted by atomic mass is 10.1. The number of hydrogen-bond acceptors (Lipinski definition) is 6. The van der Waals surface area contributed by atoms with Gasteiger partial charge in [0.1, 0.15) is 5.75 Å². The molecule has 9 heteroatoms. The number of sulfonamides is 1. The maximum atomic E-state index is 12.0. The van der Waals surface area contributed by atoms with Crippen LogP contribution in [0.25, 0.3) is 0 Å². The molecule has 0 aliphatic heterocycles. The average molecular weight is 406 g/mol. The van der Waals surface area contributed by atoms with Crippen LogP contribution in [0.4, 0.5) is 5.69 Å². The van der Waals surface area contributed by atoms with Crippen molar-refractivity contribution in [2.75, 3.05) is 33.1 Å². The van der Waals surface area contributed by atoms with E-state index in [0.717, 1.165) is 4.31 Å². The molecule has 0 saturated heterocycles. The fourth-order valence-corrected chi connectivity index (χ4v) is 3.22. The van der Waals surface area contributed by atoms with Gasteiger partial charge in [-0.1, -0.05) is 18.2 Å². The van der Waals surface area contributed by atoms with Crippen molar-refractivity contribution in [3.8, 4) is 5.75 Å². The van der Waals surface area contributed by atoms with Crippen molar-refractivity contribution in [1.29, 1.82) is 0 Å². The second-order valence-electron chi connectivity index (χ2n) is 6.01. The first-order valence-corrected chi connectivity index (χ1v) is 9.78. The maximum absolute atomic E-state index is 12.0. The molecular weight excluding hydrogens is 384 g/mol. The van der Waals surface area contributed by atoms with Crippen molar-refractivity contribution in [2.45, 2.75) is 11.3 Å². The maximum Gasteiger partial charge on any atom is 0.310 e. The summed E-state index contributed by atoms with van der Waals surface area (Å²) in [6.07, 6.45) is -0.0195. The summed E-state index contributed by atoms with van der Waals surface area (Å²) in [5, 5.41) is 2.54. The van der Waals surface area contributed by atoms with Crippen molar-refractivity contribution in [3.63, 3.8) is 0 Å². The van der Waals surface area contributed by atoms with Gasteiger partial charge in [-0.05, 0) is 30.3 Å². The van der Waals surface area contributed by atoms with E-state index in [2.05, 4.69) is 5.32 Å². The minimum Gasteiger partial charge on any atom is -0.496 e. The van der Waals surface area contributed by atoms with Gasteiger partial charge in [0, 0.05) is 25.3 Å². The van der Waals surface area contributed by atoms with Crippen LogP contribution in [-0.2, 0) is 30.8 Å². The lowest BCUT2D eigenvalue weighted by Crippen LogP contribution is -2.23. The molecule has 0 unspecified atom stereocenters. The fourth-order valence-electron chi connectivity index (χ4n) is 2.32. The summed E-state index contributed by atoms with van der Waals surface area (Å²) in [5.74, 6) is -0.527. The van der Waals surface area contributed by atoms with Crippen molar-refractivity contribution >= 4 is 27.6 Å². The number of rotatable bonds is 8. The Morgan fingerprint density at radius 1 is 1.04 bits per heavy atom. The van der Waals surface area contributed by atoms with Crippen LogP contribution >= 0.6 is 0 Å². The standard InChI is InChI=1S/C19H22N2O6S/c1-21(2)28(24,25)16-10-8-15(9-11-16)20-18(22)13-27-19(23)12-14-6-4-5-7-17(14)26-3/h4-11H,12-13H2,1-3H3,(H,20,22). The SMILES string of the molecule is COc1ccccc1CC(=O)OCC(=O)Nc1ccc(S(=O)(=O)N(C)C)cc1. The predicted molar refractivity (Wildman–Crippen MR) is 104 cm³/mol. The molecule has 0 aromatic heterocycles. The van der Waals surface area contributed by atoms with Crippen LogP contribution < -0.4 is 10.1 Å². The average Bonchev–Trinajstić information content (AvgIpc) is 2.67. The summed E-state index contributed by atoms with van der Waals surface area (Å²) in [4.78, 5) is 24.0. The second-order valence-corrected chi connectivity index (χ2v) is 8.16. The number of amides is 1. The van der Waals surface area contributed by atoms with E-state index in [0.29, 0.717) is 17.0 Å². The molecule has 0 aliphatic rings. The van der Waals surface area contributed by atoms with E-state index >= 15 is 0 Å². The van der Waals surface area contributed by atoms with Crippen LogP contribution in [0.2, 0.25) is 0 Å². The molecule has 0 radical (unpaired) electrons. The van der Waals surface area contributed by atoms with Gasteiger partial charge in [0.25, 0.3) is 5.91 Å². The van der Waals surface area contributed by atoms with Gasteiger partial charge in [0.2, 0.25) is 10.0 Å². The Kier molecular flexibility index (Phi) is 7.13. The highest BCUT2D eigenvalue weighted by molar-refractivity contribution is 7.89. The van der Waals surface area contributed by atoms with E-state index in [9.17, 15) is 18.0 Å². The number of nitrogens with one attached hydrogen (secondary N) is 1. The number of nitrogens with zero attached hydrogens (tertiary/aromatic N) is 1. The molecule has 0 spiro atoms. The number of para-hydroxylation sites is 1. The normalized spacial score (nSPS) is 11.1. The van der Waals surface area contributed by atoms with Gasteiger partial charge in [-0.3, -0.25) is 9.59 Å². The molecule has 0 fully saturated rings.